The van der Waals surface area contributed by atoms with Crippen LogP contribution >= 0.6 is 23.2 Å². The van der Waals surface area contributed by atoms with Crippen molar-refractivity contribution in [2.24, 2.45) is 0 Å². The predicted molar refractivity (Wildman–Crippen MR) is 73.9 cm³/mol. The van der Waals surface area contributed by atoms with Crippen LogP contribution in [0, 0.1) is 17.1 Å². The first-order valence-electron chi connectivity index (χ1n) is 5.29. The summed E-state index contributed by atoms with van der Waals surface area (Å²) in [6.45, 7) is 0. The van der Waals surface area contributed by atoms with Crippen LogP contribution in [0.25, 0.3) is 10.6 Å². The van der Waals surface area contributed by atoms with Gasteiger partial charge in [-0.05, 0) is 24.3 Å². The van der Waals surface area contributed by atoms with E-state index in [1.165, 1.54) is 18.3 Å². The number of nitriles is 1. The van der Waals surface area contributed by atoms with E-state index in [1.807, 2.05) is 6.07 Å². The molecular weight excluding hydrogens is 286 g/mol. The molecule has 0 bridgehead atoms. The second-order valence-corrected chi connectivity index (χ2v) is 4.48. The number of hydrogen-bond acceptors (Lipinski definition) is 2. The van der Waals surface area contributed by atoms with E-state index in [2.05, 4.69) is 4.98 Å². The standard InChI is InChI=1S/C14H7Cl2FN2/c15-10-3-4-11(13(17)6-10)14(16)12(7-18)9-2-1-5-19-8-9/h1-6,8H/b14-12+. The maximum Gasteiger partial charge on any atom is 0.133 e. The quantitative estimate of drug-likeness (QED) is 0.764. The second kappa shape index (κ2) is 5.83. The van der Waals surface area contributed by atoms with Gasteiger partial charge in [0.1, 0.15) is 11.9 Å². The van der Waals surface area contributed by atoms with Crippen molar-refractivity contribution in [3.8, 4) is 6.07 Å². The maximum absolute atomic E-state index is 13.8. The molecule has 2 aromatic rings. The van der Waals surface area contributed by atoms with Crippen molar-refractivity contribution in [1.82, 2.24) is 4.98 Å². The monoisotopic (exact) mass is 292 g/mol. The molecule has 5 heteroatoms. The molecule has 19 heavy (non-hydrogen) atoms. The predicted octanol–water partition coefficient (Wildman–Crippen LogP) is 4.50. The number of pyridine rings is 1. The Morgan fingerprint density at radius 3 is 2.68 bits per heavy atom. The zero-order valence-corrected chi connectivity index (χ0v) is 11.1. The van der Waals surface area contributed by atoms with E-state index in [9.17, 15) is 9.65 Å². The van der Waals surface area contributed by atoms with Gasteiger partial charge in [-0.1, -0.05) is 29.3 Å². The van der Waals surface area contributed by atoms with Gasteiger partial charge >= 0.3 is 0 Å². The van der Waals surface area contributed by atoms with Gasteiger partial charge in [0.2, 0.25) is 0 Å². The Hall–Kier alpha value is -1.89. The van der Waals surface area contributed by atoms with E-state index in [0.717, 1.165) is 6.07 Å². The SMILES string of the molecule is N#C/C(=C(\Cl)c1ccc(Cl)cc1F)c1cccnc1. The fourth-order valence-electron chi connectivity index (χ4n) is 1.55. The minimum Gasteiger partial charge on any atom is -0.264 e. The second-order valence-electron chi connectivity index (χ2n) is 3.67. The summed E-state index contributed by atoms with van der Waals surface area (Å²) in [7, 11) is 0. The summed E-state index contributed by atoms with van der Waals surface area (Å²) >= 11 is 11.8. The molecule has 0 aliphatic carbocycles. The molecular formula is C14H7Cl2FN2. The number of aromatic nitrogens is 1. The van der Waals surface area contributed by atoms with Crippen LogP contribution in [0.3, 0.4) is 0 Å². The van der Waals surface area contributed by atoms with E-state index >= 15 is 0 Å². The fourth-order valence-corrected chi connectivity index (χ4v) is 2.02. The van der Waals surface area contributed by atoms with Crippen molar-refractivity contribution in [2.45, 2.75) is 0 Å². The summed E-state index contributed by atoms with van der Waals surface area (Å²) in [6, 6.07) is 9.43. The van der Waals surface area contributed by atoms with E-state index in [4.69, 9.17) is 23.2 Å². The highest BCUT2D eigenvalue weighted by Crippen LogP contribution is 2.31. The highest BCUT2D eigenvalue weighted by molar-refractivity contribution is 6.53. The van der Waals surface area contributed by atoms with Gasteiger partial charge in [-0.25, -0.2) is 4.39 Å². The number of allylic oxidation sites excluding steroid dienone is 1. The first kappa shape index (κ1) is 13.5. The zero-order valence-electron chi connectivity index (χ0n) is 9.57. The average Bonchev–Trinajstić information content (AvgIpc) is 2.40. The van der Waals surface area contributed by atoms with E-state index in [1.54, 1.807) is 18.3 Å². The minimum absolute atomic E-state index is 0.0321. The smallest absolute Gasteiger partial charge is 0.133 e. The highest BCUT2D eigenvalue weighted by atomic mass is 35.5. The number of nitrogens with zero attached hydrogens (tertiary/aromatic N) is 2. The zero-order chi connectivity index (χ0) is 13.8. The van der Waals surface area contributed by atoms with Crippen LogP contribution in [0.2, 0.25) is 5.02 Å². The molecule has 0 aliphatic heterocycles. The van der Waals surface area contributed by atoms with E-state index in [-0.39, 0.29) is 21.2 Å². The molecule has 0 N–H and O–H groups in total. The van der Waals surface area contributed by atoms with Crippen LogP contribution in [0.15, 0.2) is 42.7 Å². The lowest BCUT2D eigenvalue weighted by Crippen LogP contribution is -1.90. The Morgan fingerprint density at radius 1 is 1.32 bits per heavy atom. The molecule has 0 saturated carbocycles. The number of rotatable bonds is 2. The number of hydrogen-bond donors (Lipinski definition) is 0. The van der Waals surface area contributed by atoms with Gasteiger partial charge < -0.3 is 0 Å². The molecule has 2 nitrogen and oxygen atoms in total. The Labute approximate surface area is 119 Å². The summed E-state index contributed by atoms with van der Waals surface area (Å²) in [4.78, 5) is 3.91. The molecule has 1 aromatic heterocycles. The largest absolute Gasteiger partial charge is 0.264 e. The lowest BCUT2D eigenvalue weighted by Gasteiger charge is -2.05. The lowest BCUT2D eigenvalue weighted by molar-refractivity contribution is 0.625. The van der Waals surface area contributed by atoms with Crippen molar-refractivity contribution in [2.75, 3.05) is 0 Å². The summed E-state index contributed by atoms with van der Waals surface area (Å²) in [6.07, 6.45) is 3.07. The molecule has 0 radical (unpaired) electrons. The molecule has 0 saturated heterocycles. The maximum atomic E-state index is 13.8. The highest BCUT2D eigenvalue weighted by Gasteiger charge is 2.13. The fraction of sp³-hybridized carbons (Fsp3) is 0. The van der Waals surface area contributed by atoms with Crippen molar-refractivity contribution in [1.29, 1.82) is 5.26 Å². The summed E-state index contributed by atoms with van der Waals surface area (Å²) in [5.41, 5.74) is 0.826. The molecule has 1 aromatic carbocycles. The van der Waals surface area contributed by atoms with Crippen LogP contribution in [-0.4, -0.2) is 4.98 Å². The molecule has 1 heterocycles. The third kappa shape index (κ3) is 2.93. The Morgan fingerprint density at radius 2 is 2.11 bits per heavy atom. The molecule has 0 unspecified atom stereocenters. The Kier molecular flexibility index (Phi) is 4.16. The molecule has 0 spiro atoms. The number of halogens is 3. The third-order valence-electron chi connectivity index (χ3n) is 2.45. The van der Waals surface area contributed by atoms with Gasteiger partial charge in [0.05, 0.1) is 10.6 Å². The van der Waals surface area contributed by atoms with Crippen LogP contribution in [0.5, 0.6) is 0 Å². The lowest BCUT2D eigenvalue weighted by atomic mass is 10.1. The third-order valence-corrected chi connectivity index (χ3v) is 3.08. The van der Waals surface area contributed by atoms with Crippen molar-refractivity contribution in [3.05, 3.63) is 64.7 Å². The van der Waals surface area contributed by atoms with Crippen LogP contribution < -0.4 is 0 Å². The molecule has 0 atom stereocenters. The van der Waals surface area contributed by atoms with Gasteiger partial charge in [-0.15, -0.1) is 0 Å². The van der Waals surface area contributed by atoms with E-state index in [0.29, 0.717) is 5.56 Å². The first-order valence-corrected chi connectivity index (χ1v) is 6.04. The van der Waals surface area contributed by atoms with Gasteiger partial charge in [0, 0.05) is 28.5 Å². The van der Waals surface area contributed by atoms with Crippen LogP contribution in [0.1, 0.15) is 11.1 Å². The van der Waals surface area contributed by atoms with Crippen molar-refractivity contribution >= 4 is 33.8 Å². The van der Waals surface area contributed by atoms with Gasteiger partial charge in [-0.2, -0.15) is 5.26 Å². The van der Waals surface area contributed by atoms with Gasteiger partial charge in [0.25, 0.3) is 0 Å². The van der Waals surface area contributed by atoms with Crippen molar-refractivity contribution < 1.29 is 4.39 Å². The normalized spacial score (nSPS) is 11.7. The summed E-state index contributed by atoms with van der Waals surface area (Å²) in [5, 5.41) is 9.49. The molecule has 0 fully saturated rings. The Balaban J connectivity index is 2.59. The van der Waals surface area contributed by atoms with Crippen LogP contribution in [-0.2, 0) is 0 Å². The van der Waals surface area contributed by atoms with Gasteiger partial charge in [0.15, 0.2) is 0 Å². The first-order chi connectivity index (χ1) is 9.13. The molecule has 0 aliphatic rings. The average molecular weight is 293 g/mol. The summed E-state index contributed by atoms with van der Waals surface area (Å²) < 4.78 is 13.8. The topological polar surface area (TPSA) is 36.7 Å². The number of benzene rings is 1. The Bertz CT molecular complexity index is 676. The molecule has 2 rings (SSSR count). The van der Waals surface area contributed by atoms with Crippen molar-refractivity contribution in [3.63, 3.8) is 0 Å². The van der Waals surface area contributed by atoms with E-state index < -0.39 is 5.82 Å². The molecule has 94 valence electrons. The molecule has 0 amide bonds. The van der Waals surface area contributed by atoms with Crippen LogP contribution in [0.4, 0.5) is 4.39 Å². The minimum atomic E-state index is -0.575. The van der Waals surface area contributed by atoms with Gasteiger partial charge in [-0.3, -0.25) is 4.98 Å². The summed E-state index contributed by atoms with van der Waals surface area (Å²) in [5.74, 6) is -0.575.